The SMILES string of the molecule is CCCNC(=O)[C@@H]1CN(C(=O)CC(C)C)C[C@H]1c1cccc(OC)c1OC. The van der Waals surface area contributed by atoms with Gasteiger partial charge in [0.25, 0.3) is 0 Å². The molecule has 6 heteroatoms. The number of carbonyl (C=O) groups is 2. The Bertz CT molecular complexity index is 660. The number of hydrogen-bond donors (Lipinski definition) is 1. The lowest BCUT2D eigenvalue weighted by molar-refractivity contribution is -0.131. The third-order valence-electron chi connectivity index (χ3n) is 4.97. The van der Waals surface area contributed by atoms with Gasteiger partial charge in [0.05, 0.1) is 20.1 Å². The van der Waals surface area contributed by atoms with Crippen LogP contribution in [0, 0.1) is 11.8 Å². The van der Waals surface area contributed by atoms with Crippen LogP contribution in [0.25, 0.3) is 0 Å². The van der Waals surface area contributed by atoms with Crippen LogP contribution in [0.1, 0.15) is 45.1 Å². The first-order chi connectivity index (χ1) is 12.9. The monoisotopic (exact) mass is 376 g/mol. The number of nitrogens with one attached hydrogen (secondary N) is 1. The number of carbonyl (C=O) groups excluding carboxylic acids is 2. The molecule has 150 valence electrons. The van der Waals surface area contributed by atoms with E-state index in [1.165, 1.54) is 0 Å². The van der Waals surface area contributed by atoms with Crippen molar-refractivity contribution in [2.24, 2.45) is 11.8 Å². The van der Waals surface area contributed by atoms with Crippen LogP contribution >= 0.6 is 0 Å². The lowest BCUT2D eigenvalue weighted by Crippen LogP contribution is -2.36. The molecule has 0 aliphatic carbocycles. The fourth-order valence-electron chi connectivity index (χ4n) is 3.65. The molecule has 1 aliphatic rings. The van der Waals surface area contributed by atoms with Crippen molar-refractivity contribution < 1.29 is 19.1 Å². The molecule has 0 saturated carbocycles. The van der Waals surface area contributed by atoms with Gasteiger partial charge < -0.3 is 19.7 Å². The zero-order valence-electron chi connectivity index (χ0n) is 17.1. The zero-order chi connectivity index (χ0) is 20.0. The van der Waals surface area contributed by atoms with Crippen molar-refractivity contribution in [1.82, 2.24) is 10.2 Å². The molecule has 27 heavy (non-hydrogen) atoms. The van der Waals surface area contributed by atoms with Gasteiger partial charge in [0.1, 0.15) is 0 Å². The molecule has 1 aliphatic heterocycles. The van der Waals surface area contributed by atoms with Crippen molar-refractivity contribution >= 4 is 11.8 Å². The van der Waals surface area contributed by atoms with Gasteiger partial charge in [-0.15, -0.1) is 0 Å². The van der Waals surface area contributed by atoms with Crippen molar-refractivity contribution in [1.29, 1.82) is 0 Å². The molecule has 2 atom stereocenters. The van der Waals surface area contributed by atoms with Crippen LogP contribution in [0.5, 0.6) is 11.5 Å². The first kappa shape index (κ1) is 21.1. The minimum Gasteiger partial charge on any atom is -0.493 e. The first-order valence-corrected chi connectivity index (χ1v) is 9.69. The van der Waals surface area contributed by atoms with Crippen molar-refractivity contribution in [2.75, 3.05) is 33.9 Å². The van der Waals surface area contributed by atoms with E-state index in [9.17, 15) is 9.59 Å². The normalized spacial score (nSPS) is 19.3. The largest absolute Gasteiger partial charge is 0.493 e. The van der Waals surface area contributed by atoms with Crippen LogP contribution < -0.4 is 14.8 Å². The summed E-state index contributed by atoms with van der Waals surface area (Å²) in [4.78, 5) is 27.3. The first-order valence-electron chi connectivity index (χ1n) is 9.69. The van der Waals surface area contributed by atoms with Crippen LogP contribution in [0.2, 0.25) is 0 Å². The Morgan fingerprint density at radius 2 is 1.96 bits per heavy atom. The Hall–Kier alpha value is -2.24. The summed E-state index contributed by atoms with van der Waals surface area (Å²) in [5.74, 6) is 1.23. The van der Waals surface area contributed by atoms with Crippen LogP contribution in [0.4, 0.5) is 0 Å². The molecule has 1 aromatic rings. The van der Waals surface area contributed by atoms with E-state index in [-0.39, 0.29) is 29.6 Å². The Labute approximate surface area is 162 Å². The molecule has 0 unspecified atom stereocenters. The molecular formula is C21H32N2O4. The molecule has 1 fully saturated rings. The summed E-state index contributed by atoms with van der Waals surface area (Å²) in [6, 6.07) is 5.70. The molecule has 1 N–H and O–H groups in total. The standard InChI is InChI=1S/C21H32N2O4/c1-6-10-22-21(25)17-13-23(19(24)11-14(2)3)12-16(17)15-8-7-9-18(26-4)20(15)27-5/h7-9,14,16-17H,6,10-13H2,1-5H3,(H,22,25)/t16-,17+/m0/s1. The van der Waals surface area contributed by atoms with Crippen molar-refractivity contribution in [3.63, 3.8) is 0 Å². The second-order valence-electron chi connectivity index (χ2n) is 7.48. The maximum Gasteiger partial charge on any atom is 0.225 e. The molecule has 0 bridgehead atoms. The smallest absolute Gasteiger partial charge is 0.225 e. The maximum absolute atomic E-state index is 12.8. The van der Waals surface area contributed by atoms with Gasteiger partial charge in [0.2, 0.25) is 11.8 Å². The van der Waals surface area contributed by atoms with Crippen LogP contribution in [-0.4, -0.2) is 50.6 Å². The average molecular weight is 376 g/mol. The predicted molar refractivity (Wildman–Crippen MR) is 105 cm³/mol. The Morgan fingerprint density at radius 1 is 1.22 bits per heavy atom. The number of rotatable bonds is 8. The molecule has 0 aromatic heterocycles. The molecule has 1 saturated heterocycles. The number of nitrogens with zero attached hydrogens (tertiary/aromatic N) is 1. The lowest BCUT2D eigenvalue weighted by Gasteiger charge is -2.21. The molecule has 1 aromatic carbocycles. The molecule has 2 amide bonds. The molecule has 0 spiro atoms. The summed E-state index contributed by atoms with van der Waals surface area (Å²) in [5, 5.41) is 2.99. The van der Waals surface area contributed by atoms with Crippen LogP contribution in [-0.2, 0) is 9.59 Å². The molecular weight excluding hydrogens is 344 g/mol. The van der Waals surface area contributed by atoms with Gasteiger partial charge in [0.15, 0.2) is 11.5 Å². The highest BCUT2D eigenvalue weighted by Crippen LogP contribution is 2.42. The van der Waals surface area contributed by atoms with E-state index in [1.54, 1.807) is 14.2 Å². The van der Waals surface area contributed by atoms with Crippen LogP contribution in [0.3, 0.4) is 0 Å². The van der Waals surface area contributed by atoms with E-state index in [1.807, 2.05) is 43.9 Å². The summed E-state index contributed by atoms with van der Waals surface area (Å²) in [7, 11) is 3.20. The highest BCUT2D eigenvalue weighted by molar-refractivity contribution is 5.83. The number of likely N-dealkylation sites (tertiary alicyclic amines) is 1. The number of ether oxygens (including phenoxy) is 2. The fraction of sp³-hybridized carbons (Fsp3) is 0.619. The van der Waals surface area contributed by atoms with Gasteiger partial charge in [-0.05, 0) is 18.4 Å². The van der Waals surface area contributed by atoms with Crippen LogP contribution in [0.15, 0.2) is 18.2 Å². The van der Waals surface area contributed by atoms with Gasteiger partial charge in [-0.3, -0.25) is 9.59 Å². The summed E-state index contributed by atoms with van der Waals surface area (Å²) in [5.41, 5.74) is 0.911. The third-order valence-corrected chi connectivity index (χ3v) is 4.97. The molecule has 2 rings (SSSR count). The van der Waals surface area contributed by atoms with Gasteiger partial charge >= 0.3 is 0 Å². The van der Waals surface area contributed by atoms with E-state index < -0.39 is 0 Å². The molecule has 1 heterocycles. The topological polar surface area (TPSA) is 67.9 Å². The van der Waals surface area contributed by atoms with Crippen molar-refractivity contribution in [3.05, 3.63) is 23.8 Å². The quantitative estimate of drug-likeness (QED) is 0.758. The number of para-hydroxylation sites is 1. The summed E-state index contributed by atoms with van der Waals surface area (Å²) < 4.78 is 11.0. The minimum absolute atomic E-state index is 0.00781. The number of benzene rings is 1. The number of hydrogen-bond acceptors (Lipinski definition) is 4. The second kappa shape index (κ2) is 9.62. The summed E-state index contributed by atoms with van der Waals surface area (Å²) in [6.45, 7) is 7.67. The molecule has 0 radical (unpaired) electrons. The molecule has 6 nitrogen and oxygen atoms in total. The highest BCUT2D eigenvalue weighted by atomic mass is 16.5. The van der Waals surface area contributed by atoms with E-state index >= 15 is 0 Å². The zero-order valence-corrected chi connectivity index (χ0v) is 17.1. The third kappa shape index (κ3) is 4.93. The van der Waals surface area contributed by atoms with Gasteiger partial charge in [-0.1, -0.05) is 32.9 Å². The fourth-order valence-corrected chi connectivity index (χ4v) is 3.65. The van der Waals surface area contributed by atoms with E-state index in [2.05, 4.69) is 5.32 Å². The minimum atomic E-state index is -0.298. The predicted octanol–water partition coefficient (Wildman–Crippen LogP) is 2.82. The number of amides is 2. The van der Waals surface area contributed by atoms with Crippen molar-refractivity contribution in [3.8, 4) is 11.5 Å². The van der Waals surface area contributed by atoms with Gasteiger partial charge in [-0.2, -0.15) is 0 Å². The lowest BCUT2D eigenvalue weighted by atomic mass is 9.87. The van der Waals surface area contributed by atoms with Crippen molar-refractivity contribution in [2.45, 2.75) is 39.5 Å². The second-order valence-corrected chi connectivity index (χ2v) is 7.48. The Kier molecular flexibility index (Phi) is 7.51. The highest BCUT2D eigenvalue weighted by Gasteiger charge is 2.41. The Balaban J connectivity index is 2.35. The average Bonchev–Trinajstić information content (AvgIpc) is 3.10. The van der Waals surface area contributed by atoms with E-state index in [4.69, 9.17) is 9.47 Å². The van der Waals surface area contributed by atoms with E-state index in [0.717, 1.165) is 12.0 Å². The maximum atomic E-state index is 12.8. The Morgan fingerprint density at radius 3 is 2.56 bits per heavy atom. The summed E-state index contributed by atoms with van der Waals surface area (Å²) in [6.07, 6.45) is 1.37. The van der Waals surface area contributed by atoms with E-state index in [0.29, 0.717) is 37.6 Å². The summed E-state index contributed by atoms with van der Waals surface area (Å²) >= 11 is 0. The van der Waals surface area contributed by atoms with Gasteiger partial charge in [0, 0.05) is 37.5 Å². The van der Waals surface area contributed by atoms with Gasteiger partial charge in [-0.25, -0.2) is 0 Å². The number of methoxy groups -OCH3 is 2.